The molecule has 0 fully saturated rings. The van der Waals surface area contributed by atoms with Crippen LogP contribution >= 0.6 is 0 Å². The van der Waals surface area contributed by atoms with E-state index in [1.807, 2.05) is 50.2 Å². The largest absolute Gasteiger partial charge is 0.352 e. The monoisotopic (exact) mass is 337 g/mol. The van der Waals surface area contributed by atoms with Gasteiger partial charge in [0.2, 0.25) is 0 Å². The van der Waals surface area contributed by atoms with Gasteiger partial charge in [0.1, 0.15) is 0 Å². The van der Waals surface area contributed by atoms with Crippen molar-refractivity contribution < 1.29 is 4.79 Å². The first kappa shape index (κ1) is 17.0. The molecule has 0 saturated heterocycles. The second kappa shape index (κ2) is 6.59. The molecule has 25 heavy (non-hydrogen) atoms. The summed E-state index contributed by atoms with van der Waals surface area (Å²) < 4.78 is 3.28. The number of benzene rings is 2. The molecule has 0 saturated carbocycles. The van der Waals surface area contributed by atoms with Crippen LogP contribution in [0.5, 0.6) is 0 Å². The van der Waals surface area contributed by atoms with Crippen LogP contribution in [0, 0.1) is 13.8 Å². The Balaban J connectivity index is 1.68. The van der Waals surface area contributed by atoms with E-state index in [0.717, 1.165) is 28.6 Å². The molecule has 130 valence electrons. The zero-order valence-electron chi connectivity index (χ0n) is 15.1. The lowest BCUT2D eigenvalue weighted by molar-refractivity contribution is 0.0954. The summed E-state index contributed by atoms with van der Waals surface area (Å²) in [5, 5.41) is 2.96. The van der Waals surface area contributed by atoms with E-state index in [1.165, 1.54) is 5.56 Å². The minimum atomic E-state index is -0.0590. The van der Waals surface area contributed by atoms with E-state index in [9.17, 15) is 9.59 Å². The molecular formula is C20H23N3O2. The average Bonchev–Trinajstić information content (AvgIpc) is 2.81. The minimum absolute atomic E-state index is 0.0322. The molecule has 2 aromatic carbocycles. The molecule has 0 aliphatic heterocycles. The molecule has 0 spiro atoms. The highest BCUT2D eigenvalue weighted by atomic mass is 16.2. The van der Waals surface area contributed by atoms with Crippen LogP contribution in [0.3, 0.4) is 0 Å². The number of imidazole rings is 1. The third-order valence-electron chi connectivity index (χ3n) is 4.80. The highest BCUT2D eigenvalue weighted by Gasteiger charge is 2.09. The van der Waals surface area contributed by atoms with Crippen molar-refractivity contribution in [1.82, 2.24) is 14.5 Å². The zero-order valence-corrected chi connectivity index (χ0v) is 15.1. The maximum absolute atomic E-state index is 12.3. The number of nitrogens with one attached hydrogen (secondary N) is 1. The Morgan fingerprint density at radius 1 is 0.960 bits per heavy atom. The predicted molar refractivity (Wildman–Crippen MR) is 100 cm³/mol. The molecule has 0 unspecified atom stereocenters. The van der Waals surface area contributed by atoms with Crippen molar-refractivity contribution >= 4 is 16.9 Å². The molecule has 5 heteroatoms. The number of carbonyl (C=O) groups excluding carboxylic acids is 1. The van der Waals surface area contributed by atoms with Gasteiger partial charge in [0.05, 0.1) is 11.0 Å². The number of aryl methyl sites for hydroxylation is 4. The van der Waals surface area contributed by atoms with Crippen LogP contribution in [0.2, 0.25) is 0 Å². The number of hydrogen-bond acceptors (Lipinski definition) is 2. The van der Waals surface area contributed by atoms with E-state index in [1.54, 1.807) is 23.2 Å². The molecular weight excluding hydrogens is 314 g/mol. The van der Waals surface area contributed by atoms with Crippen molar-refractivity contribution in [2.45, 2.75) is 20.3 Å². The van der Waals surface area contributed by atoms with E-state index >= 15 is 0 Å². The number of amides is 1. The van der Waals surface area contributed by atoms with Crippen molar-refractivity contribution in [3.63, 3.8) is 0 Å². The van der Waals surface area contributed by atoms with Crippen LogP contribution in [-0.4, -0.2) is 21.6 Å². The molecule has 0 aliphatic rings. The van der Waals surface area contributed by atoms with Crippen LogP contribution in [0.4, 0.5) is 0 Å². The number of rotatable bonds is 4. The fraction of sp³-hybridized carbons (Fsp3) is 0.300. The van der Waals surface area contributed by atoms with Gasteiger partial charge in [-0.25, -0.2) is 4.79 Å². The van der Waals surface area contributed by atoms with E-state index in [2.05, 4.69) is 5.32 Å². The standard InChI is InChI=1S/C20H23N3O2/c1-13-5-7-16(11-14(13)2)19(24)21-10-9-15-6-8-17-18(12-15)23(4)20(25)22(17)3/h5-8,11-12H,9-10H2,1-4H3,(H,21,24). The van der Waals surface area contributed by atoms with Crippen LogP contribution in [0.25, 0.3) is 11.0 Å². The number of carbonyl (C=O) groups is 1. The third kappa shape index (κ3) is 3.22. The van der Waals surface area contributed by atoms with Crippen LogP contribution in [0.1, 0.15) is 27.0 Å². The van der Waals surface area contributed by atoms with Gasteiger partial charge in [-0.3, -0.25) is 13.9 Å². The summed E-state index contributed by atoms with van der Waals surface area (Å²) >= 11 is 0. The van der Waals surface area contributed by atoms with Gasteiger partial charge >= 0.3 is 5.69 Å². The Morgan fingerprint density at radius 2 is 1.68 bits per heavy atom. The Kier molecular flexibility index (Phi) is 4.49. The van der Waals surface area contributed by atoms with E-state index in [0.29, 0.717) is 12.1 Å². The fourth-order valence-corrected chi connectivity index (χ4v) is 3.01. The van der Waals surface area contributed by atoms with Gasteiger partial charge < -0.3 is 5.32 Å². The van der Waals surface area contributed by atoms with Crippen LogP contribution in [0.15, 0.2) is 41.2 Å². The Bertz CT molecular complexity index is 1010. The van der Waals surface area contributed by atoms with Crippen molar-refractivity contribution in [1.29, 1.82) is 0 Å². The summed E-state index contributed by atoms with van der Waals surface area (Å²) in [6.45, 7) is 4.59. The Hall–Kier alpha value is -2.82. The number of fused-ring (bicyclic) bond motifs is 1. The summed E-state index contributed by atoms with van der Waals surface area (Å²) in [6.07, 6.45) is 0.718. The van der Waals surface area contributed by atoms with Crippen molar-refractivity contribution in [3.8, 4) is 0 Å². The van der Waals surface area contributed by atoms with Gasteiger partial charge in [-0.1, -0.05) is 12.1 Å². The molecule has 0 atom stereocenters. The second-order valence-corrected chi connectivity index (χ2v) is 6.53. The fourth-order valence-electron chi connectivity index (χ4n) is 3.01. The zero-order chi connectivity index (χ0) is 18.1. The maximum Gasteiger partial charge on any atom is 0.328 e. The number of hydrogen-bond donors (Lipinski definition) is 1. The van der Waals surface area contributed by atoms with Gasteiger partial charge in [-0.05, 0) is 61.2 Å². The molecule has 5 nitrogen and oxygen atoms in total. The predicted octanol–water partition coefficient (Wildman–Crippen LogP) is 2.47. The summed E-state index contributed by atoms with van der Waals surface area (Å²) in [5.41, 5.74) is 5.86. The molecule has 0 bridgehead atoms. The van der Waals surface area contributed by atoms with Gasteiger partial charge in [-0.2, -0.15) is 0 Å². The quantitative estimate of drug-likeness (QED) is 0.795. The van der Waals surface area contributed by atoms with Crippen molar-refractivity contribution in [2.24, 2.45) is 14.1 Å². The van der Waals surface area contributed by atoms with Crippen molar-refractivity contribution in [2.75, 3.05) is 6.54 Å². The molecule has 1 N–H and O–H groups in total. The highest BCUT2D eigenvalue weighted by molar-refractivity contribution is 5.94. The number of aromatic nitrogens is 2. The summed E-state index contributed by atoms with van der Waals surface area (Å²) in [6, 6.07) is 11.7. The smallest absolute Gasteiger partial charge is 0.328 e. The second-order valence-electron chi connectivity index (χ2n) is 6.53. The van der Waals surface area contributed by atoms with Gasteiger partial charge in [0, 0.05) is 26.2 Å². The minimum Gasteiger partial charge on any atom is -0.352 e. The normalized spacial score (nSPS) is 11.0. The van der Waals surface area contributed by atoms with Crippen LogP contribution in [-0.2, 0) is 20.5 Å². The van der Waals surface area contributed by atoms with Crippen LogP contribution < -0.4 is 11.0 Å². The average molecular weight is 337 g/mol. The van der Waals surface area contributed by atoms with E-state index in [-0.39, 0.29) is 11.6 Å². The topological polar surface area (TPSA) is 56.0 Å². The first-order valence-corrected chi connectivity index (χ1v) is 8.38. The molecule has 1 heterocycles. The van der Waals surface area contributed by atoms with E-state index < -0.39 is 0 Å². The highest BCUT2D eigenvalue weighted by Crippen LogP contribution is 2.14. The summed E-state index contributed by atoms with van der Waals surface area (Å²) in [7, 11) is 3.55. The van der Waals surface area contributed by atoms with E-state index in [4.69, 9.17) is 0 Å². The SMILES string of the molecule is Cc1ccc(C(=O)NCCc2ccc3c(c2)n(C)c(=O)n3C)cc1C. The molecule has 0 aliphatic carbocycles. The maximum atomic E-state index is 12.3. The molecule has 3 rings (SSSR count). The summed E-state index contributed by atoms with van der Waals surface area (Å²) in [5.74, 6) is -0.0590. The van der Waals surface area contributed by atoms with Gasteiger partial charge in [0.15, 0.2) is 0 Å². The Labute approximate surface area is 146 Å². The third-order valence-corrected chi connectivity index (χ3v) is 4.80. The van der Waals surface area contributed by atoms with Gasteiger partial charge in [-0.15, -0.1) is 0 Å². The van der Waals surface area contributed by atoms with Gasteiger partial charge in [0.25, 0.3) is 5.91 Å². The lowest BCUT2D eigenvalue weighted by atomic mass is 10.1. The molecule has 0 radical (unpaired) electrons. The first-order chi connectivity index (χ1) is 11.9. The first-order valence-electron chi connectivity index (χ1n) is 8.38. The molecule has 1 aromatic heterocycles. The molecule has 3 aromatic rings. The lowest BCUT2D eigenvalue weighted by Crippen LogP contribution is -2.25. The lowest BCUT2D eigenvalue weighted by Gasteiger charge is -2.08. The Morgan fingerprint density at radius 3 is 2.40 bits per heavy atom. The molecule has 1 amide bonds. The summed E-state index contributed by atoms with van der Waals surface area (Å²) in [4.78, 5) is 24.2. The van der Waals surface area contributed by atoms with Crippen molar-refractivity contribution in [3.05, 3.63) is 69.1 Å². The number of nitrogens with zero attached hydrogens (tertiary/aromatic N) is 2.